The molecule has 0 bridgehead atoms. The summed E-state index contributed by atoms with van der Waals surface area (Å²) in [5.41, 5.74) is 2.74. The number of carbonyl (C=O) groups is 2. The molecule has 3 nitrogen and oxygen atoms in total. The van der Waals surface area contributed by atoms with Crippen LogP contribution in [0.2, 0.25) is 0 Å². The molecule has 0 aromatic heterocycles. The third kappa shape index (κ3) is 4.29. The van der Waals surface area contributed by atoms with E-state index in [-0.39, 0.29) is 5.91 Å². The van der Waals surface area contributed by atoms with Crippen molar-refractivity contribution in [3.8, 4) is 0 Å². The zero-order chi connectivity index (χ0) is 15.2. The lowest BCUT2D eigenvalue weighted by Crippen LogP contribution is -2.05. The molecule has 21 heavy (non-hydrogen) atoms. The van der Waals surface area contributed by atoms with E-state index in [4.69, 9.17) is 11.6 Å². The van der Waals surface area contributed by atoms with Gasteiger partial charge in [0.05, 0.1) is 0 Å². The van der Waals surface area contributed by atoms with Crippen LogP contribution in [0.4, 0.5) is 5.69 Å². The fourth-order valence-electron chi connectivity index (χ4n) is 1.90. The van der Waals surface area contributed by atoms with Gasteiger partial charge in [0.15, 0.2) is 0 Å². The first-order valence-electron chi connectivity index (χ1n) is 6.41. The van der Waals surface area contributed by atoms with Gasteiger partial charge in [-0.05, 0) is 40.9 Å². The van der Waals surface area contributed by atoms with Gasteiger partial charge >= 0.3 is 0 Å². The Bertz CT molecular complexity index is 676. The normalized spacial score (nSPS) is 11.0. The average Bonchev–Trinajstić information content (AvgIpc) is 2.46. The highest BCUT2D eigenvalue weighted by Gasteiger charge is 2.08. The van der Waals surface area contributed by atoms with Crippen molar-refractivity contribution in [1.82, 2.24) is 0 Å². The first kappa shape index (κ1) is 15.0. The minimum Gasteiger partial charge on any atom is -0.326 e. The fourth-order valence-corrected chi connectivity index (χ4v) is 2.07. The van der Waals surface area contributed by atoms with Crippen molar-refractivity contribution in [3.05, 3.63) is 65.7 Å². The summed E-state index contributed by atoms with van der Waals surface area (Å²) in [6, 6.07) is 16.4. The predicted octanol–water partition coefficient (Wildman–Crippen LogP) is 3.95. The number of hydrogen-bond acceptors (Lipinski definition) is 2. The summed E-state index contributed by atoms with van der Waals surface area (Å²) in [6.07, 6.45) is 1.72. The number of carbonyl (C=O) groups excluding carboxylic acids is 2. The number of amides is 1. The van der Waals surface area contributed by atoms with Crippen LogP contribution in [-0.2, 0) is 9.59 Å². The molecule has 0 aliphatic carbocycles. The average molecular weight is 300 g/mol. The van der Waals surface area contributed by atoms with Gasteiger partial charge < -0.3 is 5.32 Å². The quantitative estimate of drug-likeness (QED) is 0.528. The standard InChI is InChI=1S/C17H14ClNO2/c1-12(20)19-15-9-7-13(8-10-15)11-16(17(18)21)14-5-3-2-4-6-14/h2-11H,1H3,(H,19,20)/b16-11-. The van der Waals surface area contributed by atoms with E-state index in [0.29, 0.717) is 11.3 Å². The molecule has 2 rings (SSSR count). The summed E-state index contributed by atoms with van der Waals surface area (Å²) in [4.78, 5) is 22.6. The molecule has 0 saturated carbocycles. The number of halogens is 1. The first-order valence-corrected chi connectivity index (χ1v) is 6.78. The van der Waals surface area contributed by atoms with Gasteiger partial charge in [0.2, 0.25) is 5.91 Å². The van der Waals surface area contributed by atoms with Crippen molar-refractivity contribution >= 4 is 40.1 Å². The Morgan fingerprint density at radius 3 is 2.14 bits per heavy atom. The lowest BCUT2D eigenvalue weighted by molar-refractivity contribution is -0.114. The maximum atomic E-state index is 11.6. The molecule has 0 atom stereocenters. The molecule has 0 radical (unpaired) electrons. The van der Waals surface area contributed by atoms with E-state index in [9.17, 15) is 9.59 Å². The highest BCUT2D eigenvalue weighted by molar-refractivity contribution is 6.75. The van der Waals surface area contributed by atoms with Crippen LogP contribution < -0.4 is 5.32 Å². The van der Waals surface area contributed by atoms with Crippen molar-refractivity contribution in [3.63, 3.8) is 0 Å². The van der Waals surface area contributed by atoms with Crippen LogP contribution in [0.5, 0.6) is 0 Å². The lowest BCUT2D eigenvalue weighted by Gasteiger charge is -2.05. The van der Waals surface area contributed by atoms with Crippen molar-refractivity contribution in [2.45, 2.75) is 6.92 Å². The molecular weight excluding hydrogens is 286 g/mol. The first-order chi connectivity index (χ1) is 10.1. The van der Waals surface area contributed by atoms with Crippen LogP contribution in [0.25, 0.3) is 11.6 Å². The van der Waals surface area contributed by atoms with Gasteiger partial charge in [-0.15, -0.1) is 0 Å². The molecular formula is C17H14ClNO2. The minimum atomic E-state index is -0.507. The van der Waals surface area contributed by atoms with E-state index in [1.165, 1.54) is 6.92 Å². The number of rotatable bonds is 4. The van der Waals surface area contributed by atoms with Crippen LogP contribution in [0, 0.1) is 0 Å². The minimum absolute atomic E-state index is 0.126. The second-order valence-corrected chi connectivity index (χ2v) is 4.84. The zero-order valence-corrected chi connectivity index (χ0v) is 12.2. The summed E-state index contributed by atoms with van der Waals surface area (Å²) in [5, 5.41) is 2.18. The Labute approximate surface area is 128 Å². The molecule has 2 aromatic carbocycles. The maximum absolute atomic E-state index is 11.6. The molecule has 2 aromatic rings. The molecule has 106 valence electrons. The van der Waals surface area contributed by atoms with Gasteiger partial charge in [0, 0.05) is 18.2 Å². The van der Waals surface area contributed by atoms with Gasteiger partial charge in [0.25, 0.3) is 5.24 Å². The molecule has 1 N–H and O–H groups in total. The number of hydrogen-bond donors (Lipinski definition) is 1. The highest BCUT2D eigenvalue weighted by Crippen LogP contribution is 2.21. The summed E-state index contributed by atoms with van der Waals surface area (Å²) in [5.74, 6) is -0.126. The summed E-state index contributed by atoms with van der Waals surface area (Å²) in [6.45, 7) is 1.45. The molecule has 0 heterocycles. The third-order valence-corrected chi connectivity index (χ3v) is 3.04. The SMILES string of the molecule is CC(=O)Nc1ccc(/C=C(\C(=O)Cl)c2ccccc2)cc1. The number of allylic oxidation sites excluding steroid dienone is 1. The monoisotopic (exact) mass is 299 g/mol. The van der Waals surface area contributed by atoms with Crippen LogP contribution in [-0.4, -0.2) is 11.1 Å². The van der Waals surface area contributed by atoms with Crippen LogP contribution >= 0.6 is 11.6 Å². The lowest BCUT2D eigenvalue weighted by atomic mass is 10.0. The Hall–Kier alpha value is -2.39. The molecule has 0 unspecified atom stereocenters. The van der Waals surface area contributed by atoms with Gasteiger partial charge in [-0.1, -0.05) is 42.5 Å². The van der Waals surface area contributed by atoms with E-state index in [1.807, 2.05) is 42.5 Å². The van der Waals surface area contributed by atoms with Gasteiger partial charge in [0.1, 0.15) is 0 Å². The Balaban J connectivity index is 2.31. The summed E-state index contributed by atoms with van der Waals surface area (Å²) >= 11 is 5.66. The molecule has 0 aliphatic rings. The fraction of sp³-hybridized carbons (Fsp3) is 0.0588. The van der Waals surface area contributed by atoms with Gasteiger partial charge in [-0.25, -0.2) is 0 Å². The molecule has 0 saturated heterocycles. The van der Waals surface area contributed by atoms with E-state index in [2.05, 4.69) is 5.32 Å². The largest absolute Gasteiger partial charge is 0.326 e. The maximum Gasteiger partial charge on any atom is 0.253 e. The van der Waals surface area contributed by atoms with Gasteiger partial charge in [-0.2, -0.15) is 0 Å². The molecule has 0 aliphatic heterocycles. The smallest absolute Gasteiger partial charge is 0.253 e. The summed E-state index contributed by atoms with van der Waals surface area (Å²) in [7, 11) is 0. The van der Waals surface area contributed by atoms with Crippen molar-refractivity contribution in [1.29, 1.82) is 0 Å². The van der Waals surface area contributed by atoms with E-state index >= 15 is 0 Å². The number of benzene rings is 2. The molecule has 0 fully saturated rings. The van der Waals surface area contributed by atoms with Crippen molar-refractivity contribution < 1.29 is 9.59 Å². The van der Waals surface area contributed by atoms with Crippen molar-refractivity contribution in [2.24, 2.45) is 0 Å². The second kappa shape index (κ2) is 6.86. The van der Waals surface area contributed by atoms with E-state index in [1.54, 1.807) is 18.2 Å². The van der Waals surface area contributed by atoms with E-state index in [0.717, 1.165) is 11.1 Å². The predicted molar refractivity (Wildman–Crippen MR) is 85.9 cm³/mol. The van der Waals surface area contributed by atoms with Crippen LogP contribution in [0.15, 0.2) is 54.6 Å². The summed E-state index contributed by atoms with van der Waals surface area (Å²) < 4.78 is 0. The van der Waals surface area contributed by atoms with E-state index < -0.39 is 5.24 Å². The Morgan fingerprint density at radius 2 is 1.62 bits per heavy atom. The molecule has 1 amide bonds. The van der Waals surface area contributed by atoms with Crippen LogP contribution in [0.1, 0.15) is 18.1 Å². The highest BCUT2D eigenvalue weighted by atomic mass is 35.5. The second-order valence-electron chi connectivity index (χ2n) is 4.50. The number of nitrogens with one attached hydrogen (secondary N) is 1. The third-order valence-electron chi connectivity index (χ3n) is 2.84. The topological polar surface area (TPSA) is 46.2 Å². The van der Waals surface area contributed by atoms with Crippen LogP contribution in [0.3, 0.4) is 0 Å². The van der Waals surface area contributed by atoms with Crippen molar-refractivity contribution in [2.75, 3.05) is 5.32 Å². The molecule has 0 spiro atoms. The zero-order valence-electron chi connectivity index (χ0n) is 11.5. The Kier molecular flexibility index (Phi) is 4.90. The number of anilines is 1. The Morgan fingerprint density at radius 1 is 1.00 bits per heavy atom. The molecule has 4 heteroatoms. The van der Waals surface area contributed by atoms with Gasteiger partial charge in [-0.3, -0.25) is 9.59 Å².